The Morgan fingerprint density at radius 1 is 0.477 bits per heavy atom. The summed E-state index contributed by atoms with van der Waals surface area (Å²) >= 11 is 0. The number of carbonyl (C=O) groups excluding carboxylic acids is 3. The minimum atomic E-state index is -1.51. The van der Waals surface area contributed by atoms with E-state index in [0.29, 0.717) is 22.3 Å². The first-order valence-electron chi connectivity index (χ1n) is 14.7. The maximum absolute atomic E-state index is 15.8. The van der Waals surface area contributed by atoms with E-state index in [4.69, 9.17) is 0 Å². The number of nitrogens with zero attached hydrogens (tertiary/aromatic N) is 1. The number of benzene rings is 5. The van der Waals surface area contributed by atoms with E-state index in [1.165, 1.54) is 18.2 Å². The smallest absolute Gasteiger partial charge is 0.239 e. The summed E-state index contributed by atoms with van der Waals surface area (Å²) < 4.78 is 15.3. The van der Waals surface area contributed by atoms with Crippen molar-refractivity contribution in [3.05, 3.63) is 174 Å². The molecule has 5 aromatic rings. The lowest BCUT2D eigenvalue weighted by Crippen LogP contribution is -2.45. The van der Waals surface area contributed by atoms with Crippen LogP contribution in [0.2, 0.25) is 0 Å². The normalized spacial score (nSPS) is 25.6. The van der Waals surface area contributed by atoms with Crippen LogP contribution in [0.15, 0.2) is 146 Å². The predicted octanol–water partition coefficient (Wildman–Crippen LogP) is 7.01. The van der Waals surface area contributed by atoms with Crippen LogP contribution < -0.4 is 4.90 Å². The molecule has 2 bridgehead atoms. The Morgan fingerprint density at radius 3 is 1.25 bits per heavy atom. The predicted molar refractivity (Wildman–Crippen MR) is 167 cm³/mol. The number of halogens is 1. The fourth-order valence-electron chi connectivity index (χ4n) is 8.20. The van der Waals surface area contributed by atoms with Crippen molar-refractivity contribution in [3.63, 3.8) is 0 Å². The highest BCUT2D eigenvalue weighted by Gasteiger charge is 2.82. The number of imide groups is 1. The van der Waals surface area contributed by atoms with Crippen molar-refractivity contribution >= 4 is 34.4 Å². The molecule has 5 aromatic carbocycles. The van der Waals surface area contributed by atoms with E-state index < -0.39 is 40.3 Å². The molecule has 8 rings (SSSR count). The van der Waals surface area contributed by atoms with Crippen LogP contribution in [0.3, 0.4) is 0 Å². The van der Waals surface area contributed by atoms with Gasteiger partial charge in [-0.1, -0.05) is 133 Å². The number of carbonyl (C=O) groups is 3. The van der Waals surface area contributed by atoms with Crippen LogP contribution in [0.4, 0.5) is 10.1 Å². The number of anilines is 1. The number of para-hydroxylation sites is 1. The number of ketones is 1. The van der Waals surface area contributed by atoms with Gasteiger partial charge in [-0.15, -0.1) is 0 Å². The minimum Gasteiger partial charge on any atom is -0.297 e. The van der Waals surface area contributed by atoms with E-state index in [-0.39, 0.29) is 11.5 Å². The third-order valence-electron chi connectivity index (χ3n) is 9.67. The molecule has 0 spiro atoms. The van der Waals surface area contributed by atoms with Crippen LogP contribution in [-0.2, 0) is 25.2 Å². The summed E-state index contributed by atoms with van der Waals surface area (Å²) in [5.74, 6) is -4.19. The monoisotopic (exact) mass is 575 g/mol. The van der Waals surface area contributed by atoms with Gasteiger partial charge in [-0.2, -0.15) is 0 Å². The number of hydrogen-bond donors (Lipinski definition) is 0. The van der Waals surface area contributed by atoms with Crippen molar-refractivity contribution in [2.45, 2.75) is 10.8 Å². The van der Waals surface area contributed by atoms with Gasteiger partial charge in [0.2, 0.25) is 11.8 Å². The maximum atomic E-state index is 15.8. The second kappa shape index (κ2) is 9.55. The molecular weight excluding hydrogens is 549 g/mol. The molecule has 2 aliphatic carbocycles. The lowest BCUT2D eigenvalue weighted by molar-refractivity contribution is -0.130. The van der Waals surface area contributed by atoms with Gasteiger partial charge in [0.25, 0.3) is 0 Å². The van der Waals surface area contributed by atoms with Gasteiger partial charge < -0.3 is 0 Å². The third kappa shape index (κ3) is 3.13. The zero-order valence-electron chi connectivity index (χ0n) is 23.6. The summed E-state index contributed by atoms with van der Waals surface area (Å²) in [7, 11) is 0. The van der Waals surface area contributed by atoms with Gasteiger partial charge in [-0.3, -0.25) is 14.4 Å². The molecule has 0 N–H and O–H groups in total. The molecule has 2 fully saturated rings. The first kappa shape index (κ1) is 26.2. The summed E-state index contributed by atoms with van der Waals surface area (Å²) in [6.45, 7) is 0. The van der Waals surface area contributed by atoms with Crippen molar-refractivity contribution in [2.24, 2.45) is 11.8 Å². The summed E-state index contributed by atoms with van der Waals surface area (Å²) in [6, 6.07) is 43.8. The Balaban J connectivity index is 1.57. The number of allylic oxidation sites excluding steroid dienone is 2. The Hall–Kier alpha value is -5.42. The number of amides is 2. The third-order valence-corrected chi connectivity index (χ3v) is 9.67. The Bertz CT molecular complexity index is 1870. The van der Waals surface area contributed by atoms with Gasteiger partial charge in [0, 0.05) is 0 Å². The van der Waals surface area contributed by atoms with Crippen molar-refractivity contribution in [1.82, 2.24) is 0 Å². The molecule has 3 aliphatic rings. The average Bonchev–Trinajstić information content (AvgIpc) is 3.59. The summed E-state index contributed by atoms with van der Waals surface area (Å²) in [6.07, 6.45) is 0. The molecule has 0 unspecified atom stereocenters. The Labute approximate surface area is 254 Å². The molecule has 1 saturated heterocycles. The fraction of sp³-hybridized carbons (Fsp3) is 0.103. The second-order valence-electron chi connectivity index (χ2n) is 11.6. The molecule has 0 aromatic heterocycles. The lowest BCUT2D eigenvalue weighted by Gasteiger charge is -2.39. The molecule has 4 nitrogen and oxygen atoms in total. The zero-order chi connectivity index (χ0) is 30.1. The SMILES string of the molecule is O=C1[C@@H]2[C@H](C(=O)N1c1ccccc1F)[C@]1(c3ccccc3)C(=O)[C@@]2(c2ccccc2)C(c2ccccc2)=C1c1ccccc1. The Morgan fingerprint density at radius 2 is 0.841 bits per heavy atom. The van der Waals surface area contributed by atoms with Crippen LogP contribution >= 0.6 is 0 Å². The lowest BCUT2D eigenvalue weighted by atomic mass is 9.59. The highest BCUT2D eigenvalue weighted by molar-refractivity contribution is 6.39. The zero-order valence-corrected chi connectivity index (χ0v) is 23.6. The van der Waals surface area contributed by atoms with Gasteiger partial charge in [0.05, 0.1) is 28.4 Å². The number of fused-ring (bicyclic) bond motifs is 5. The van der Waals surface area contributed by atoms with Gasteiger partial charge in [-0.25, -0.2) is 9.29 Å². The summed E-state index contributed by atoms with van der Waals surface area (Å²) in [5.41, 5.74) is 1.16. The van der Waals surface area contributed by atoms with Crippen LogP contribution in [0.5, 0.6) is 0 Å². The van der Waals surface area contributed by atoms with Crippen LogP contribution in [0, 0.1) is 17.7 Å². The molecule has 1 saturated carbocycles. The molecule has 4 atom stereocenters. The number of rotatable bonds is 5. The van der Waals surface area contributed by atoms with E-state index in [2.05, 4.69) is 0 Å². The molecule has 0 radical (unpaired) electrons. The quantitative estimate of drug-likeness (QED) is 0.212. The van der Waals surface area contributed by atoms with Gasteiger partial charge in [0.15, 0.2) is 5.78 Å². The van der Waals surface area contributed by atoms with Gasteiger partial charge in [0.1, 0.15) is 5.82 Å². The van der Waals surface area contributed by atoms with Crippen LogP contribution in [0.25, 0.3) is 11.1 Å². The van der Waals surface area contributed by atoms with E-state index in [0.717, 1.165) is 16.0 Å². The standard InChI is InChI=1S/C39H26FNO3/c40-29-23-13-14-24-30(29)41-35(42)33-34(36(41)43)39(28-21-11-4-12-22-28)32(26-17-7-2-8-18-26)31(25-15-5-1-6-16-25)38(33,37(39)44)27-19-9-3-10-20-27/h1-24,33-34H/t33-,34+,38-,39+. The molecule has 1 heterocycles. The number of Topliss-reactive ketones (excluding diaryl/α,β-unsaturated/α-hetero) is 1. The molecule has 2 amide bonds. The fourth-order valence-corrected chi connectivity index (χ4v) is 8.20. The first-order chi connectivity index (χ1) is 21.5. The molecule has 5 heteroatoms. The second-order valence-corrected chi connectivity index (χ2v) is 11.6. The van der Waals surface area contributed by atoms with E-state index in [9.17, 15) is 9.59 Å². The summed E-state index contributed by atoms with van der Waals surface area (Å²) in [5, 5.41) is 0. The maximum Gasteiger partial charge on any atom is 0.239 e. The van der Waals surface area contributed by atoms with E-state index >= 15 is 9.18 Å². The van der Waals surface area contributed by atoms with Crippen LogP contribution in [-0.4, -0.2) is 17.6 Å². The minimum absolute atomic E-state index is 0.0994. The topological polar surface area (TPSA) is 54.5 Å². The van der Waals surface area contributed by atoms with Gasteiger partial charge in [-0.05, 0) is 45.5 Å². The highest BCUT2D eigenvalue weighted by atomic mass is 19.1. The molecule has 44 heavy (non-hydrogen) atoms. The van der Waals surface area contributed by atoms with Crippen molar-refractivity contribution in [3.8, 4) is 0 Å². The van der Waals surface area contributed by atoms with E-state index in [1.54, 1.807) is 6.07 Å². The largest absolute Gasteiger partial charge is 0.297 e. The molecular formula is C39H26FNO3. The highest BCUT2D eigenvalue weighted by Crippen LogP contribution is 2.74. The molecule has 212 valence electrons. The Kier molecular flexibility index (Phi) is 5.69. The number of hydrogen-bond acceptors (Lipinski definition) is 3. The average molecular weight is 576 g/mol. The van der Waals surface area contributed by atoms with Gasteiger partial charge >= 0.3 is 0 Å². The van der Waals surface area contributed by atoms with Crippen LogP contribution in [0.1, 0.15) is 22.3 Å². The van der Waals surface area contributed by atoms with Crippen molar-refractivity contribution in [2.75, 3.05) is 4.90 Å². The van der Waals surface area contributed by atoms with Crippen molar-refractivity contribution < 1.29 is 18.8 Å². The van der Waals surface area contributed by atoms with E-state index in [1.807, 2.05) is 121 Å². The molecule has 1 aliphatic heterocycles. The first-order valence-corrected chi connectivity index (χ1v) is 14.7. The summed E-state index contributed by atoms with van der Waals surface area (Å²) in [4.78, 5) is 46.4. The van der Waals surface area contributed by atoms with Crippen molar-refractivity contribution in [1.29, 1.82) is 0 Å².